The maximum Gasteiger partial charge on any atom is 0.253 e. The minimum Gasteiger partial charge on any atom is -0.508 e. The molecule has 0 unspecified atom stereocenters. The molecule has 3 N–H and O–H groups in total. The third-order valence-electron chi connectivity index (χ3n) is 13.9. The first-order valence-electron chi connectivity index (χ1n) is 28.9. The lowest BCUT2D eigenvalue weighted by Crippen LogP contribution is -2.41. The van der Waals surface area contributed by atoms with E-state index in [-0.39, 0.29) is 58.8 Å². The molecule has 6 aromatic rings. The fraction of sp³-hybridized carbons (Fsp3) is 0.406. The molecule has 432 valence electrons. The van der Waals surface area contributed by atoms with Crippen LogP contribution < -0.4 is 15.4 Å². The van der Waals surface area contributed by atoms with Gasteiger partial charge in [0.2, 0.25) is 0 Å². The van der Waals surface area contributed by atoms with Gasteiger partial charge in [-0.15, -0.1) is 0 Å². The number of rotatable bonds is 24. The average molecular weight is 1100 g/mol. The summed E-state index contributed by atoms with van der Waals surface area (Å²) in [7, 11) is 0. The number of nitrogens with one attached hydrogen (secondary N) is 2. The highest BCUT2D eigenvalue weighted by atomic mass is 16.5. The molecule has 0 saturated carbocycles. The Bertz CT molecular complexity index is 2870. The molecule has 0 atom stereocenters. The van der Waals surface area contributed by atoms with Crippen LogP contribution in [-0.4, -0.2) is 77.0 Å². The fourth-order valence-corrected chi connectivity index (χ4v) is 8.72. The summed E-state index contributed by atoms with van der Waals surface area (Å²) >= 11 is 0. The second-order valence-electron chi connectivity index (χ2n) is 21.8. The van der Waals surface area contributed by atoms with E-state index in [9.17, 15) is 38.7 Å². The number of phenols is 1. The van der Waals surface area contributed by atoms with Crippen LogP contribution in [0.4, 0.5) is 0 Å². The number of ether oxygens (including phenoxy) is 1. The normalized spacial score (nSPS) is 12.1. The molecule has 0 spiro atoms. The molecule has 0 bridgehead atoms. The number of fused-ring (bicyclic) bond motifs is 1. The predicted molar refractivity (Wildman–Crippen MR) is 325 cm³/mol. The van der Waals surface area contributed by atoms with Crippen LogP contribution in [0, 0.1) is 29.6 Å². The summed E-state index contributed by atoms with van der Waals surface area (Å²) in [4.78, 5) is 84.6. The number of aromatic hydroxyl groups is 1. The predicted octanol–water partition coefficient (Wildman–Crippen LogP) is 14.1. The van der Waals surface area contributed by atoms with Crippen molar-refractivity contribution < 1.29 is 43.4 Å². The van der Waals surface area contributed by atoms with Gasteiger partial charge < -0.3 is 25.4 Å². The van der Waals surface area contributed by atoms with Crippen LogP contribution in [0.1, 0.15) is 167 Å². The number of hydrogen-bond acceptors (Lipinski definition) is 9. The molecule has 0 aromatic heterocycles. The van der Waals surface area contributed by atoms with Crippen molar-refractivity contribution in [3.63, 3.8) is 0 Å². The van der Waals surface area contributed by atoms with Crippen molar-refractivity contribution in [1.29, 1.82) is 0 Å². The number of benzene rings is 6. The molecule has 1 heterocycles. The van der Waals surface area contributed by atoms with Gasteiger partial charge in [0.15, 0.2) is 5.78 Å². The first-order valence-corrected chi connectivity index (χ1v) is 28.9. The van der Waals surface area contributed by atoms with Gasteiger partial charge in [-0.2, -0.15) is 0 Å². The van der Waals surface area contributed by atoms with Crippen molar-refractivity contribution in [2.75, 3.05) is 26.2 Å². The van der Waals surface area contributed by atoms with E-state index in [0.717, 1.165) is 79.0 Å². The van der Waals surface area contributed by atoms with Crippen LogP contribution >= 0.6 is 0 Å². The van der Waals surface area contributed by atoms with E-state index in [1.54, 1.807) is 29.2 Å². The molecule has 0 aliphatic carbocycles. The van der Waals surface area contributed by atoms with Gasteiger partial charge in [0.1, 0.15) is 35.5 Å². The number of carbonyl (C=O) groups excluding carboxylic acids is 7. The lowest BCUT2D eigenvalue weighted by Gasteiger charge is -2.32. The van der Waals surface area contributed by atoms with Crippen molar-refractivity contribution in [3.05, 3.63) is 179 Å². The van der Waals surface area contributed by atoms with Crippen LogP contribution in [0.5, 0.6) is 11.5 Å². The van der Waals surface area contributed by atoms with Gasteiger partial charge in [-0.25, -0.2) is 0 Å². The fourth-order valence-electron chi connectivity index (χ4n) is 8.72. The summed E-state index contributed by atoms with van der Waals surface area (Å²) in [6.45, 7) is 18.5. The molecule has 3 amide bonds. The molecular formula is C69H87N3O9. The highest BCUT2D eigenvalue weighted by Crippen LogP contribution is 2.24. The zero-order chi connectivity index (χ0) is 59.1. The average Bonchev–Trinajstić information content (AvgIpc) is 3.56. The number of nitrogens with zero attached hydrogens (tertiary/aromatic N) is 1. The summed E-state index contributed by atoms with van der Waals surface area (Å²) < 4.78 is 5.68. The summed E-state index contributed by atoms with van der Waals surface area (Å²) in [6, 6.07) is 46.6. The molecule has 0 radical (unpaired) electrons. The maximum absolute atomic E-state index is 12.3. The Kier molecular flexibility index (Phi) is 29.1. The SMILES string of the molecule is CC(C)C(=O)C1CCN(C(=O)c2ccc(O)cc2)CC1.CC(C)C(=O)CCCCCNC(=O)c1ccc2ccccc2c1.CC(C)C(=O)CCCCCNC(=O)c1ccccc1.CC(C)C(=O)c1ccc(OCc2ccccc2)cc1. The topological polar surface area (TPSA) is 176 Å². The third kappa shape index (κ3) is 24.3. The van der Waals surface area contributed by atoms with Gasteiger partial charge in [0.25, 0.3) is 17.7 Å². The largest absolute Gasteiger partial charge is 0.508 e. The van der Waals surface area contributed by atoms with Gasteiger partial charge in [-0.05, 0) is 128 Å². The first kappa shape index (κ1) is 65.8. The quantitative estimate of drug-likeness (QED) is 0.0393. The summed E-state index contributed by atoms with van der Waals surface area (Å²) in [5.74, 6) is 2.42. The molecule has 6 aromatic carbocycles. The Morgan fingerprint density at radius 1 is 0.494 bits per heavy atom. The van der Waals surface area contributed by atoms with E-state index in [4.69, 9.17) is 4.74 Å². The molecule has 81 heavy (non-hydrogen) atoms. The number of ketones is 4. The second-order valence-corrected chi connectivity index (χ2v) is 21.8. The molecule has 12 nitrogen and oxygen atoms in total. The number of phenolic OH excluding ortho intramolecular Hbond substituents is 1. The Morgan fingerprint density at radius 3 is 1.49 bits per heavy atom. The molecule has 12 heteroatoms. The lowest BCUT2D eigenvalue weighted by atomic mass is 9.87. The number of unbranched alkanes of at least 4 members (excludes halogenated alkanes) is 4. The van der Waals surface area contributed by atoms with E-state index < -0.39 is 0 Å². The van der Waals surface area contributed by atoms with Crippen LogP contribution in [0.15, 0.2) is 152 Å². The zero-order valence-corrected chi connectivity index (χ0v) is 49.1. The van der Waals surface area contributed by atoms with Crippen molar-refractivity contribution >= 4 is 51.6 Å². The number of carbonyl (C=O) groups is 7. The van der Waals surface area contributed by atoms with E-state index >= 15 is 0 Å². The van der Waals surface area contributed by atoms with E-state index in [1.165, 1.54) is 12.1 Å². The van der Waals surface area contributed by atoms with Gasteiger partial charge in [0.05, 0.1) is 0 Å². The Balaban J connectivity index is 0.000000233. The molecule has 1 aliphatic rings. The first-order chi connectivity index (χ1) is 38.8. The highest BCUT2D eigenvalue weighted by molar-refractivity contribution is 5.99. The number of piperidine rings is 1. The van der Waals surface area contributed by atoms with Crippen LogP contribution in [0.25, 0.3) is 10.8 Å². The zero-order valence-electron chi connectivity index (χ0n) is 49.1. The van der Waals surface area contributed by atoms with Crippen molar-refractivity contribution in [2.24, 2.45) is 29.6 Å². The molecule has 1 fully saturated rings. The molecule has 7 rings (SSSR count). The number of likely N-dealkylation sites (tertiary alicyclic amines) is 1. The smallest absolute Gasteiger partial charge is 0.253 e. The Labute approximate surface area is 481 Å². The highest BCUT2D eigenvalue weighted by Gasteiger charge is 2.29. The number of hydrogen-bond donors (Lipinski definition) is 3. The minimum atomic E-state index is -0.0333. The van der Waals surface area contributed by atoms with Crippen molar-refractivity contribution in [1.82, 2.24) is 15.5 Å². The summed E-state index contributed by atoms with van der Waals surface area (Å²) in [5, 5.41) is 17.3. The summed E-state index contributed by atoms with van der Waals surface area (Å²) in [5.41, 5.74) is 3.83. The van der Waals surface area contributed by atoms with Gasteiger partial charge in [0, 0.05) is 90.9 Å². The van der Waals surface area contributed by atoms with Crippen LogP contribution in [0.3, 0.4) is 0 Å². The standard InChI is InChI=1S/C20H25NO2.C17H18O2.C16H21NO3.C16H23NO2/c1-15(2)19(22)10-4-3-7-13-21-20(23)18-12-11-16-8-5-6-9-17(16)14-18;1-13(2)17(18)15-8-10-16(11-9-15)19-12-14-6-4-3-5-7-14;1-11(2)15(19)12-7-9-17(10-8-12)16(20)13-3-5-14(18)6-4-13;1-13(2)15(18)11-7-4-8-12-17-16(19)14-9-5-3-6-10-14/h5-6,8-9,11-12,14-15H,3-4,7,10,13H2,1-2H3,(H,21,23);3-11,13H,12H2,1-2H3;3-6,11-12,18H,7-10H2,1-2H3;3,5-6,9-10,13H,4,7-8,11-12H2,1-2H3,(H,17,19). The molecular weight excluding hydrogens is 1010 g/mol. The molecule has 1 aliphatic heterocycles. The van der Waals surface area contributed by atoms with Gasteiger partial charge >= 0.3 is 0 Å². The lowest BCUT2D eigenvalue weighted by molar-refractivity contribution is -0.127. The number of amides is 3. The minimum absolute atomic E-state index is 0.0242. The van der Waals surface area contributed by atoms with E-state index in [0.29, 0.717) is 79.7 Å². The van der Waals surface area contributed by atoms with E-state index in [2.05, 4.69) is 10.6 Å². The van der Waals surface area contributed by atoms with Gasteiger partial charge in [-0.1, -0.05) is 147 Å². The number of Topliss-reactive ketones (excluding diaryl/α,β-unsaturated/α-hetero) is 4. The molecule has 1 saturated heterocycles. The Morgan fingerprint density at radius 2 is 0.975 bits per heavy atom. The van der Waals surface area contributed by atoms with Crippen molar-refractivity contribution in [2.45, 2.75) is 126 Å². The van der Waals surface area contributed by atoms with E-state index in [1.807, 2.05) is 171 Å². The third-order valence-corrected chi connectivity index (χ3v) is 13.9. The Hall–Kier alpha value is -7.73. The van der Waals surface area contributed by atoms with Crippen LogP contribution in [0.2, 0.25) is 0 Å². The van der Waals surface area contributed by atoms with Gasteiger partial charge in [-0.3, -0.25) is 33.6 Å². The summed E-state index contributed by atoms with van der Waals surface area (Å²) in [6.07, 6.45) is 8.40. The maximum atomic E-state index is 12.3. The second kappa shape index (κ2) is 35.8. The monoisotopic (exact) mass is 1100 g/mol. The van der Waals surface area contributed by atoms with Crippen molar-refractivity contribution in [3.8, 4) is 11.5 Å². The van der Waals surface area contributed by atoms with Crippen LogP contribution in [-0.2, 0) is 21.0 Å².